The van der Waals surface area contributed by atoms with Crippen molar-refractivity contribution in [3.63, 3.8) is 0 Å². The maximum atomic E-state index is 12.1. The molecular formula is C16H19NO5. The lowest BCUT2D eigenvalue weighted by atomic mass is 10.0. The molecule has 1 aliphatic rings. The van der Waals surface area contributed by atoms with Crippen LogP contribution in [0.4, 0.5) is 0 Å². The number of aliphatic hydroxyl groups excluding tert-OH is 1. The van der Waals surface area contributed by atoms with Gasteiger partial charge in [0.15, 0.2) is 0 Å². The number of ether oxygens (including phenoxy) is 2. The van der Waals surface area contributed by atoms with E-state index >= 15 is 0 Å². The van der Waals surface area contributed by atoms with Gasteiger partial charge in [-0.3, -0.25) is 9.59 Å². The molecule has 1 amide bonds. The first kappa shape index (κ1) is 16.2. The lowest BCUT2D eigenvalue weighted by Crippen LogP contribution is -2.48. The molecule has 6 heteroatoms. The highest BCUT2D eigenvalue weighted by atomic mass is 16.5. The number of carbonyl (C=O) groups is 2. The molecule has 1 aromatic carbocycles. The zero-order valence-electron chi connectivity index (χ0n) is 12.3. The lowest BCUT2D eigenvalue weighted by molar-refractivity contribution is -0.144. The summed E-state index contributed by atoms with van der Waals surface area (Å²) in [6.07, 6.45) is 2.43. The Bertz CT molecular complexity index is 543. The number of methoxy groups -OCH3 is 1. The van der Waals surface area contributed by atoms with Gasteiger partial charge in [0.25, 0.3) is 5.91 Å². The number of benzene rings is 1. The number of rotatable bonds is 5. The highest BCUT2D eigenvalue weighted by molar-refractivity contribution is 5.94. The van der Waals surface area contributed by atoms with Crippen molar-refractivity contribution < 1.29 is 24.2 Å². The minimum atomic E-state index is -0.604. The van der Waals surface area contributed by atoms with Gasteiger partial charge in [0, 0.05) is 5.56 Å². The van der Waals surface area contributed by atoms with E-state index in [4.69, 9.17) is 4.74 Å². The van der Waals surface area contributed by atoms with Crippen LogP contribution < -0.4 is 5.32 Å². The summed E-state index contributed by atoms with van der Waals surface area (Å²) in [7, 11) is 1.31. The molecule has 0 saturated carbocycles. The van der Waals surface area contributed by atoms with Gasteiger partial charge in [-0.15, -0.1) is 0 Å². The maximum Gasteiger partial charge on any atom is 0.308 e. The van der Waals surface area contributed by atoms with Gasteiger partial charge in [-0.05, 0) is 12.1 Å². The summed E-state index contributed by atoms with van der Waals surface area (Å²) in [6, 6.07) is 8.34. The van der Waals surface area contributed by atoms with Crippen LogP contribution in [0.1, 0.15) is 16.8 Å². The fourth-order valence-electron chi connectivity index (χ4n) is 2.21. The molecule has 0 saturated heterocycles. The van der Waals surface area contributed by atoms with Crippen LogP contribution in [0.3, 0.4) is 0 Å². The molecular weight excluding hydrogens is 286 g/mol. The fraction of sp³-hybridized carbons (Fsp3) is 0.375. The van der Waals surface area contributed by atoms with Crippen molar-refractivity contribution in [2.75, 3.05) is 13.7 Å². The Morgan fingerprint density at radius 3 is 2.64 bits per heavy atom. The molecule has 0 spiro atoms. The van der Waals surface area contributed by atoms with E-state index in [0.717, 1.165) is 0 Å². The molecule has 0 bridgehead atoms. The number of amides is 1. The van der Waals surface area contributed by atoms with E-state index in [0.29, 0.717) is 5.56 Å². The number of aliphatic hydroxyl groups is 1. The van der Waals surface area contributed by atoms with Crippen molar-refractivity contribution in [2.24, 2.45) is 0 Å². The van der Waals surface area contributed by atoms with Crippen LogP contribution in [0, 0.1) is 0 Å². The smallest absolute Gasteiger partial charge is 0.308 e. The van der Waals surface area contributed by atoms with Crippen LogP contribution in [0.15, 0.2) is 42.5 Å². The van der Waals surface area contributed by atoms with Crippen LogP contribution in [-0.4, -0.2) is 48.9 Å². The van der Waals surface area contributed by atoms with Crippen LogP contribution >= 0.6 is 0 Å². The Kier molecular flexibility index (Phi) is 5.68. The summed E-state index contributed by atoms with van der Waals surface area (Å²) in [6.45, 7) is -0.262. The van der Waals surface area contributed by atoms with Gasteiger partial charge in [0.2, 0.25) is 0 Å². The summed E-state index contributed by atoms with van der Waals surface area (Å²) in [5.74, 6) is -0.637. The van der Waals surface area contributed by atoms with E-state index in [2.05, 4.69) is 10.1 Å². The average Bonchev–Trinajstić information content (AvgIpc) is 2.56. The van der Waals surface area contributed by atoms with E-state index in [1.54, 1.807) is 36.4 Å². The monoisotopic (exact) mass is 305 g/mol. The van der Waals surface area contributed by atoms with E-state index in [1.807, 2.05) is 6.07 Å². The van der Waals surface area contributed by atoms with Crippen LogP contribution in [-0.2, 0) is 14.3 Å². The van der Waals surface area contributed by atoms with E-state index in [1.165, 1.54) is 7.11 Å². The summed E-state index contributed by atoms with van der Waals surface area (Å²) in [5, 5.41) is 12.2. The Balaban J connectivity index is 2.00. The van der Waals surface area contributed by atoms with Gasteiger partial charge < -0.3 is 19.9 Å². The summed E-state index contributed by atoms with van der Waals surface area (Å²) in [4.78, 5) is 23.4. The maximum absolute atomic E-state index is 12.1. The predicted octanol–water partition coefficient (Wildman–Crippen LogP) is 0.664. The van der Waals surface area contributed by atoms with E-state index < -0.39 is 24.2 Å². The normalized spacial score (nSPS) is 23.8. The Morgan fingerprint density at radius 1 is 1.27 bits per heavy atom. The van der Waals surface area contributed by atoms with Crippen LogP contribution in [0.2, 0.25) is 0 Å². The lowest BCUT2D eigenvalue weighted by Gasteiger charge is -2.31. The predicted molar refractivity (Wildman–Crippen MR) is 79.2 cm³/mol. The highest BCUT2D eigenvalue weighted by Gasteiger charge is 2.29. The van der Waals surface area contributed by atoms with Gasteiger partial charge in [0.1, 0.15) is 6.10 Å². The molecule has 2 rings (SSSR count). The zero-order chi connectivity index (χ0) is 15.9. The average molecular weight is 305 g/mol. The summed E-state index contributed by atoms with van der Waals surface area (Å²) < 4.78 is 10.2. The molecule has 3 atom stereocenters. The SMILES string of the molecule is COC(=O)C[C@H]1C=C[C@H](NC(=O)c2ccccc2)[C@H](CO)O1. The number of carbonyl (C=O) groups excluding carboxylic acids is 2. The van der Waals surface area contributed by atoms with E-state index in [-0.39, 0.29) is 18.9 Å². The molecule has 22 heavy (non-hydrogen) atoms. The Morgan fingerprint density at radius 2 is 2.00 bits per heavy atom. The second-order valence-electron chi connectivity index (χ2n) is 4.93. The second kappa shape index (κ2) is 7.72. The summed E-state index contributed by atoms with van der Waals surface area (Å²) in [5.41, 5.74) is 0.532. The number of esters is 1. The van der Waals surface area contributed by atoms with Gasteiger partial charge in [-0.1, -0.05) is 30.4 Å². The van der Waals surface area contributed by atoms with Crippen molar-refractivity contribution >= 4 is 11.9 Å². The van der Waals surface area contributed by atoms with Gasteiger partial charge in [-0.2, -0.15) is 0 Å². The Labute approximate surface area is 128 Å². The standard InChI is InChI=1S/C16H19NO5/c1-21-15(19)9-12-7-8-13(14(10-18)22-12)17-16(20)11-5-3-2-4-6-11/h2-8,12-14,18H,9-10H2,1H3,(H,17,20)/t12-,13+,14+/m1/s1. The topological polar surface area (TPSA) is 84.9 Å². The third-order valence-corrected chi connectivity index (χ3v) is 3.39. The van der Waals surface area contributed by atoms with Crippen molar-refractivity contribution in [1.29, 1.82) is 0 Å². The third kappa shape index (κ3) is 4.16. The van der Waals surface area contributed by atoms with E-state index in [9.17, 15) is 14.7 Å². The first-order chi connectivity index (χ1) is 10.6. The molecule has 0 unspecified atom stereocenters. The van der Waals surface area contributed by atoms with Crippen molar-refractivity contribution in [3.8, 4) is 0 Å². The minimum Gasteiger partial charge on any atom is -0.469 e. The zero-order valence-corrected chi connectivity index (χ0v) is 12.3. The molecule has 0 radical (unpaired) electrons. The highest BCUT2D eigenvalue weighted by Crippen LogP contribution is 2.16. The molecule has 118 valence electrons. The first-order valence-electron chi connectivity index (χ1n) is 7.01. The van der Waals surface area contributed by atoms with Gasteiger partial charge in [0.05, 0.1) is 32.3 Å². The molecule has 1 aromatic rings. The van der Waals surface area contributed by atoms with Crippen molar-refractivity contribution in [1.82, 2.24) is 5.32 Å². The quantitative estimate of drug-likeness (QED) is 0.617. The fourth-order valence-corrected chi connectivity index (χ4v) is 2.21. The van der Waals surface area contributed by atoms with Gasteiger partial charge in [-0.25, -0.2) is 0 Å². The van der Waals surface area contributed by atoms with Crippen LogP contribution in [0.25, 0.3) is 0 Å². The number of hydrogen-bond acceptors (Lipinski definition) is 5. The molecule has 1 aliphatic heterocycles. The molecule has 2 N–H and O–H groups in total. The molecule has 1 heterocycles. The van der Waals surface area contributed by atoms with Crippen LogP contribution in [0.5, 0.6) is 0 Å². The number of hydrogen-bond donors (Lipinski definition) is 2. The molecule has 0 aliphatic carbocycles. The first-order valence-corrected chi connectivity index (χ1v) is 7.01. The molecule has 6 nitrogen and oxygen atoms in total. The van der Waals surface area contributed by atoms with Crippen molar-refractivity contribution in [3.05, 3.63) is 48.0 Å². The third-order valence-electron chi connectivity index (χ3n) is 3.39. The molecule has 0 aromatic heterocycles. The Hall–Kier alpha value is -2.18. The largest absolute Gasteiger partial charge is 0.469 e. The molecule has 0 fully saturated rings. The number of nitrogens with one attached hydrogen (secondary N) is 1. The van der Waals surface area contributed by atoms with Gasteiger partial charge >= 0.3 is 5.97 Å². The minimum absolute atomic E-state index is 0.0723. The van der Waals surface area contributed by atoms with Crippen molar-refractivity contribution in [2.45, 2.75) is 24.7 Å². The second-order valence-corrected chi connectivity index (χ2v) is 4.93. The summed E-state index contributed by atoms with van der Waals surface area (Å²) >= 11 is 0.